The number of carbonyl (C=O) groups excluding carboxylic acids is 2. The van der Waals surface area contributed by atoms with Gasteiger partial charge in [-0.3, -0.25) is 4.79 Å². The van der Waals surface area contributed by atoms with Crippen molar-refractivity contribution in [3.63, 3.8) is 0 Å². The third-order valence-electron chi connectivity index (χ3n) is 2.98. The average Bonchev–Trinajstić information content (AvgIpc) is 2.46. The Labute approximate surface area is 120 Å². The van der Waals surface area contributed by atoms with Crippen LogP contribution in [0.2, 0.25) is 0 Å². The molecule has 1 aliphatic heterocycles. The average molecular weight is 305 g/mol. The minimum Gasteiger partial charge on any atom is -0.478 e. The molecule has 0 fully saturated rings. The van der Waals surface area contributed by atoms with Gasteiger partial charge in [-0.1, -0.05) is 0 Å². The molecule has 0 bridgehead atoms. The minimum atomic E-state index is -1.64. The van der Waals surface area contributed by atoms with Gasteiger partial charge in [-0.2, -0.15) is 0 Å². The second kappa shape index (κ2) is 7.36. The fourth-order valence-electron chi connectivity index (χ4n) is 1.94. The molecule has 0 radical (unpaired) electrons. The molecule has 0 aromatic rings. The number of hydrogen-bond donors (Lipinski definition) is 5. The van der Waals surface area contributed by atoms with Gasteiger partial charge in [-0.05, 0) is 6.08 Å². The van der Waals surface area contributed by atoms with Crippen molar-refractivity contribution < 1.29 is 39.5 Å². The van der Waals surface area contributed by atoms with Gasteiger partial charge in [0.15, 0.2) is 6.10 Å². The highest BCUT2D eigenvalue weighted by atomic mass is 16.6. The fourth-order valence-corrected chi connectivity index (χ4v) is 1.94. The van der Waals surface area contributed by atoms with Crippen LogP contribution < -0.4 is 5.32 Å². The summed E-state index contributed by atoms with van der Waals surface area (Å²) in [6.45, 7) is 0.430. The molecule has 1 amide bonds. The maximum atomic E-state index is 11.4. The van der Waals surface area contributed by atoms with E-state index >= 15 is 0 Å². The fraction of sp³-hybridized carbons (Fsp3) is 0.667. The van der Waals surface area contributed by atoms with E-state index < -0.39 is 48.9 Å². The van der Waals surface area contributed by atoms with E-state index in [0.717, 1.165) is 13.2 Å². The summed E-state index contributed by atoms with van der Waals surface area (Å²) in [5.74, 6) is -1.75. The number of aliphatic hydroxyl groups excluding tert-OH is 4. The number of methoxy groups -OCH3 is 1. The van der Waals surface area contributed by atoms with E-state index in [2.05, 4.69) is 10.1 Å². The highest BCUT2D eigenvalue weighted by Crippen LogP contribution is 2.23. The van der Waals surface area contributed by atoms with Crippen LogP contribution in [0.1, 0.15) is 6.92 Å². The quantitative estimate of drug-likeness (QED) is 0.338. The maximum absolute atomic E-state index is 11.4. The topological polar surface area (TPSA) is 146 Å². The Morgan fingerprint density at radius 2 is 2.10 bits per heavy atom. The lowest BCUT2D eigenvalue weighted by molar-refractivity contribution is -0.152. The van der Waals surface area contributed by atoms with Crippen LogP contribution in [0.4, 0.5) is 0 Å². The Morgan fingerprint density at radius 3 is 2.57 bits per heavy atom. The largest absolute Gasteiger partial charge is 0.478 e. The highest BCUT2D eigenvalue weighted by Gasteiger charge is 2.43. The van der Waals surface area contributed by atoms with Gasteiger partial charge >= 0.3 is 5.97 Å². The van der Waals surface area contributed by atoms with Crippen LogP contribution >= 0.6 is 0 Å². The molecule has 0 aliphatic carbocycles. The van der Waals surface area contributed by atoms with Crippen molar-refractivity contribution in [2.45, 2.75) is 37.4 Å². The van der Waals surface area contributed by atoms with Gasteiger partial charge < -0.3 is 35.2 Å². The number of esters is 1. The van der Waals surface area contributed by atoms with Gasteiger partial charge in [0.2, 0.25) is 11.7 Å². The van der Waals surface area contributed by atoms with Crippen LogP contribution in [-0.2, 0) is 19.1 Å². The highest BCUT2D eigenvalue weighted by molar-refractivity contribution is 5.86. The Morgan fingerprint density at radius 1 is 1.48 bits per heavy atom. The molecule has 1 rings (SSSR count). The Hall–Kier alpha value is -1.68. The minimum absolute atomic E-state index is 0.360. The van der Waals surface area contributed by atoms with Gasteiger partial charge in [-0.15, -0.1) is 0 Å². The van der Waals surface area contributed by atoms with Crippen LogP contribution in [0.25, 0.3) is 0 Å². The van der Waals surface area contributed by atoms with Crippen molar-refractivity contribution in [1.29, 1.82) is 0 Å². The lowest BCUT2D eigenvalue weighted by Gasteiger charge is -2.38. The van der Waals surface area contributed by atoms with E-state index in [1.54, 1.807) is 0 Å². The summed E-state index contributed by atoms with van der Waals surface area (Å²) >= 11 is 0. The van der Waals surface area contributed by atoms with Gasteiger partial charge in [0, 0.05) is 6.92 Å². The second-order valence-corrected chi connectivity index (χ2v) is 4.56. The molecule has 0 unspecified atom stereocenters. The van der Waals surface area contributed by atoms with Crippen LogP contribution in [0.5, 0.6) is 0 Å². The normalized spacial score (nSPS) is 27.9. The molecular weight excluding hydrogens is 286 g/mol. The molecule has 5 N–H and O–H groups in total. The molecule has 0 saturated heterocycles. The van der Waals surface area contributed by atoms with Crippen molar-refractivity contribution in [1.82, 2.24) is 5.32 Å². The Balaban J connectivity index is 3.05. The number of nitrogens with one attached hydrogen (secondary N) is 1. The van der Waals surface area contributed by atoms with Crippen molar-refractivity contribution in [3.05, 3.63) is 11.8 Å². The zero-order chi connectivity index (χ0) is 16.2. The van der Waals surface area contributed by atoms with Gasteiger partial charge in [0.25, 0.3) is 0 Å². The predicted octanol–water partition coefficient (Wildman–Crippen LogP) is -2.98. The standard InChI is InChI=1S/C12H19NO8/c1-5(15)13-9-6(16)3-8(12(19)20-2)21-11(9)10(18)7(17)4-14/h3,6-7,9-11,14,16-18H,4H2,1-2H3,(H,13,15)/t6-,7+,9+,10-,11+/m0/s1. The zero-order valence-corrected chi connectivity index (χ0v) is 11.6. The van der Waals surface area contributed by atoms with Crippen molar-refractivity contribution in [2.75, 3.05) is 13.7 Å². The summed E-state index contributed by atoms with van der Waals surface area (Å²) in [6.07, 6.45) is -4.88. The Bertz CT molecular complexity index is 423. The summed E-state index contributed by atoms with van der Waals surface area (Å²) in [5, 5.41) is 40.6. The Kier molecular flexibility index (Phi) is 6.09. The zero-order valence-electron chi connectivity index (χ0n) is 11.6. The molecule has 21 heavy (non-hydrogen) atoms. The first-order valence-corrected chi connectivity index (χ1v) is 6.20. The summed E-state index contributed by atoms with van der Waals surface area (Å²) in [6, 6.07) is -1.10. The number of rotatable bonds is 5. The summed E-state index contributed by atoms with van der Waals surface area (Å²) in [5.41, 5.74) is 0. The van der Waals surface area contributed by atoms with E-state index in [9.17, 15) is 24.9 Å². The molecule has 0 spiro atoms. The van der Waals surface area contributed by atoms with Gasteiger partial charge in [-0.25, -0.2) is 4.79 Å². The lowest BCUT2D eigenvalue weighted by Crippen LogP contribution is -2.59. The second-order valence-electron chi connectivity index (χ2n) is 4.56. The SMILES string of the molecule is COC(=O)C1=C[C@H](O)[C@@H](NC(C)=O)[C@H]([C@@H](O)[C@H](O)CO)O1. The van der Waals surface area contributed by atoms with Crippen LogP contribution in [0, 0.1) is 0 Å². The van der Waals surface area contributed by atoms with Crippen molar-refractivity contribution in [3.8, 4) is 0 Å². The first-order chi connectivity index (χ1) is 9.81. The van der Waals surface area contributed by atoms with E-state index in [-0.39, 0.29) is 5.76 Å². The molecule has 1 heterocycles. The summed E-state index contributed by atoms with van der Waals surface area (Å²) in [7, 11) is 1.10. The number of aliphatic hydroxyl groups is 4. The van der Waals surface area contributed by atoms with Crippen molar-refractivity contribution >= 4 is 11.9 Å². The predicted molar refractivity (Wildman–Crippen MR) is 67.7 cm³/mol. The van der Waals surface area contributed by atoms with Gasteiger partial charge in [0.1, 0.15) is 18.3 Å². The summed E-state index contributed by atoms with van der Waals surface area (Å²) < 4.78 is 9.64. The molecule has 9 heteroatoms. The van der Waals surface area contributed by atoms with E-state index in [0.29, 0.717) is 0 Å². The van der Waals surface area contributed by atoms with E-state index in [4.69, 9.17) is 9.84 Å². The van der Waals surface area contributed by atoms with E-state index in [1.807, 2.05) is 0 Å². The number of amides is 1. The van der Waals surface area contributed by atoms with Crippen LogP contribution in [0.15, 0.2) is 11.8 Å². The first kappa shape index (κ1) is 17.4. The maximum Gasteiger partial charge on any atom is 0.373 e. The molecule has 0 aromatic heterocycles. The molecule has 0 aromatic carbocycles. The monoisotopic (exact) mass is 305 g/mol. The number of hydrogen-bond acceptors (Lipinski definition) is 8. The number of carbonyl (C=O) groups is 2. The molecule has 0 saturated carbocycles. The summed E-state index contributed by atoms with van der Waals surface area (Å²) in [4.78, 5) is 22.6. The first-order valence-electron chi connectivity index (χ1n) is 6.20. The number of ether oxygens (including phenoxy) is 2. The van der Waals surface area contributed by atoms with E-state index in [1.165, 1.54) is 6.92 Å². The van der Waals surface area contributed by atoms with Crippen LogP contribution in [0.3, 0.4) is 0 Å². The molecule has 120 valence electrons. The van der Waals surface area contributed by atoms with Gasteiger partial charge in [0.05, 0.1) is 19.8 Å². The molecular formula is C12H19NO8. The molecule has 1 aliphatic rings. The van der Waals surface area contributed by atoms with Crippen molar-refractivity contribution in [2.24, 2.45) is 0 Å². The lowest BCUT2D eigenvalue weighted by atomic mass is 9.94. The van der Waals surface area contributed by atoms with Crippen LogP contribution in [-0.4, -0.2) is 76.5 Å². The molecule has 5 atom stereocenters. The third kappa shape index (κ3) is 4.14. The third-order valence-corrected chi connectivity index (χ3v) is 2.98. The molecule has 9 nitrogen and oxygen atoms in total. The smallest absolute Gasteiger partial charge is 0.373 e.